The Morgan fingerprint density at radius 1 is 1.12 bits per heavy atom. The van der Waals surface area contributed by atoms with Crippen LogP contribution < -0.4 is 0 Å². The van der Waals surface area contributed by atoms with Crippen LogP contribution in [0, 0.1) is 0 Å². The number of aliphatic imine (C=N–C) groups is 1. The number of hydrogen-bond donors (Lipinski definition) is 0. The van der Waals surface area contributed by atoms with Crippen LogP contribution in [0.15, 0.2) is 65.9 Å². The molecule has 0 N–H and O–H groups in total. The maximum Gasteiger partial charge on any atom is 0.358 e. The topological polar surface area (TPSA) is 56.5 Å². The first kappa shape index (κ1) is 16.3. The van der Waals surface area contributed by atoms with Crippen molar-refractivity contribution in [1.29, 1.82) is 0 Å². The summed E-state index contributed by atoms with van der Waals surface area (Å²) in [4.78, 5) is 21.6. The van der Waals surface area contributed by atoms with Gasteiger partial charge in [0.15, 0.2) is 5.69 Å². The SMILES string of the molecule is CCOC(=O)c1ncn2c1C(C)N=C(c1ccccc1)c1ccccc1-2. The van der Waals surface area contributed by atoms with Gasteiger partial charge in [-0.3, -0.25) is 9.56 Å². The van der Waals surface area contributed by atoms with E-state index in [1.54, 1.807) is 13.3 Å². The fraction of sp³-hybridized carbons (Fsp3) is 0.190. The van der Waals surface area contributed by atoms with E-state index in [0.717, 1.165) is 28.2 Å². The lowest BCUT2D eigenvalue weighted by atomic mass is 10.0. The van der Waals surface area contributed by atoms with Gasteiger partial charge in [0.05, 0.1) is 29.7 Å². The zero-order valence-electron chi connectivity index (χ0n) is 14.7. The van der Waals surface area contributed by atoms with Crippen molar-refractivity contribution in [3.8, 4) is 5.69 Å². The number of fused-ring (bicyclic) bond motifs is 3. The molecule has 0 saturated heterocycles. The van der Waals surface area contributed by atoms with Gasteiger partial charge in [-0.15, -0.1) is 0 Å². The second kappa shape index (κ2) is 6.59. The quantitative estimate of drug-likeness (QED) is 0.675. The summed E-state index contributed by atoms with van der Waals surface area (Å²) >= 11 is 0. The molecule has 1 aromatic heterocycles. The number of aromatic nitrogens is 2. The molecule has 1 aliphatic rings. The van der Waals surface area contributed by atoms with Crippen LogP contribution in [0.25, 0.3) is 5.69 Å². The maximum absolute atomic E-state index is 12.4. The van der Waals surface area contributed by atoms with E-state index < -0.39 is 5.97 Å². The Kier molecular flexibility index (Phi) is 4.13. The highest BCUT2D eigenvalue weighted by atomic mass is 16.5. The second-order valence-corrected chi connectivity index (χ2v) is 6.11. The minimum atomic E-state index is -0.413. The first-order chi connectivity index (χ1) is 12.7. The lowest BCUT2D eigenvalue weighted by Crippen LogP contribution is -2.11. The molecule has 1 unspecified atom stereocenters. The van der Waals surface area contributed by atoms with Crippen LogP contribution in [-0.4, -0.2) is 27.8 Å². The van der Waals surface area contributed by atoms with Crippen molar-refractivity contribution in [2.75, 3.05) is 6.61 Å². The van der Waals surface area contributed by atoms with E-state index in [1.165, 1.54) is 0 Å². The third kappa shape index (κ3) is 2.62. The maximum atomic E-state index is 12.4. The lowest BCUT2D eigenvalue weighted by molar-refractivity contribution is 0.0518. The van der Waals surface area contributed by atoms with Crippen LogP contribution in [0.3, 0.4) is 0 Å². The van der Waals surface area contributed by atoms with E-state index in [2.05, 4.69) is 4.98 Å². The average molecular weight is 345 g/mol. The molecule has 4 rings (SSSR count). The van der Waals surface area contributed by atoms with Crippen LogP contribution in [0.5, 0.6) is 0 Å². The molecule has 0 radical (unpaired) electrons. The van der Waals surface area contributed by atoms with Gasteiger partial charge in [-0.1, -0.05) is 48.5 Å². The first-order valence-corrected chi connectivity index (χ1v) is 8.68. The van der Waals surface area contributed by atoms with Crippen LogP contribution in [0.2, 0.25) is 0 Å². The first-order valence-electron chi connectivity index (χ1n) is 8.68. The molecule has 0 amide bonds. The smallest absolute Gasteiger partial charge is 0.358 e. The van der Waals surface area contributed by atoms with Gasteiger partial charge < -0.3 is 4.74 Å². The van der Waals surface area contributed by atoms with Crippen LogP contribution in [-0.2, 0) is 4.74 Å². The summed E-state index contributed by atoms with van der Waals surface area (Å²) in [5, 5.41) is 0. The molecule has 0 fully saturated rings. The van der Waals surface area contributed by atoms with E-state index >= 15 is 0 Å². The number of para-hydroxylation sites is 1. The standard InChI is InChI=1S/C21H19N3O2/c1-3-26-21(25)19-20-14(2)23-18(15-9-5-4-6-10-15)16-11-7-8-12-17(16)24(20)13-22-19/h4-14H,3H2,1-2H3. The van der Waals surface area contributed by atoms with Crippen molar-refractivity contribution in [2.45, 2.75) is 19.9 Å². The molecule has 1 aliphatic heterocycles. The number of imidazole rings is 1. The highest BCUT2D eigenvalue weighted by molar-refractivity contribution is 6.15. The summed E-state index contributed by atoms with van der Waals surface area (Å²) in [5.41, 5.74) is 5.00. The molecule has 0 aliphatic carbocycles. The van der Waals surface area contributed by atoms with Crippen molar-refractivity contribution >= 4 is 11.7 Å². The van der Waals surface area contributed by atoms with E-state index in [9.17, 15) is 4.79 Å². The number of ether oxygens (including phenoxy) is 1. The second-order valence-electron chi connectivity index (χ2n) is 6.11. The Balaban J connectivity index is 1.95. The molecular weight excluding hydrogens is 326 g/mol. The van der Waals surface area contributed by atoms with Crippen LogP contribution in [0.1, 0.15) is 47.2 Å². The molecule has 5 heteroatoms. The van der Waals surface area contributed by atoms with E-state index in [-0.39, 0.29) is 6.04 Å². The van der Waals surface area contributed by atoms with Gasteiger partial charge in [-0.25, -0.2) is 9.78 Å². The third-order valence-corrected chi connectivity index (χ3v) is 4.46. The lowest BCUT2D eigenvalue weighted by Gasteiger charge is -2.11. The van der Waals surface area contributed by atoms with Gasteiger partial charge in [-0.05, 0) is 19.9 Å². The Morgan fingerprint density at radius 2 is 1.85 bits per heavy atom. The molecule has 130 valence electrons. The summed E-state index contributed by atoms with van der Waals surface area (Å²) in [6, 6.07) is 17.9. The van der Waals surface area contributed by atoms with Crippen LogP contribution >= 0.6 is 0 Å². The minimum absolute atomic E-state index is 0.237. The summed E-state index contributed by atoms with van der Waals surface area (Å²) in [6.45, 7) is 4.08. The summed E-state index contributed by atoms with van der Waals surface area (Å²) < 4.78 is 7.13. The average Bonchev–Trinajstić information content (AvgIpc) is 3.07. The van der Waals surface area contributed by atoms with E-state index in [0.29, 0.717) is 12.3 Å². The van der Waals surface area contributed by atoms with E-state index in [1.807, 2.05) is 66.1 Å². The van der Waals surface area contributed by atoms with Crippen molar-refractivity contribution in [2.24, 2.45) is 4.99 Å². The van der Waals surface area contributed by atoms with Crippen LogP contribution in [0.4, 0.5) is 0 Å². The molecule has 0 spiro atoms. The minimum Gasteiger partial charge on any atom is -0.461 e. The summed E-state index contributed by atoms with van der Waals surface area (Å²) in [6.07, 6.45) is 1.68. The molecule has 26 heavy (non-hydrogen) atoms. The van der Waals surface area contributed by atoms with Crippen molar-refractivity contribution in [1.82, 2.24) is 9.55 Å². The number of rotatable bonds is 3. The van der Waals surface area contributed by atoms with Gasteiger partial charge >= 0.3 is 5.97 Å². The molecule has 3 aromatic rings. The molecule has 2 heterocycles. The van der Waals surface area contributed by atoms with E-state index in [4.69, 9.17) is 9.73 Å². The highest BCUT2D eigenvalue weighted by Crippen LogP contribution is 2.32. The number of benzene rings is 2. The molecule has 1 atom stereocenters. The Bertz CT molecular complexity index is 990. The molecular formula is C21H19N3O2. The van der Waals surface area contributed by atoms with Gasteiger partial charge in [0.1, 0.15) is 6.33 Å². The zero-order chi connectivity index (χ0) is 18.1. The summed E-state index contributed by atoms with van der Waals surface area (Å²) in [7, 11) is 0. The molecule has 5 nitrogen and oxygen atoms in total. The van der Waals surface area contributed by atoms with Gasteiger partial charge in [0.25, 0.3) is 0 Å². The Labute approximate surface area is 152 Å². The van der Waals surface area contributed by atoms with Crippen molar-refractivity contribution in [3.05, 3.63) is 83.4 Å². The molecule has 0 saturated carbocycles. The van der Waals surface area contributed by atoms with Gasteiger partial charge in [-0.2, -0.15) is 0 Å². The number of carbonyl (C=O) groups is 1. The van der Waals surface area contributed by atoms with Gasteiger partial charge in [0.2, 0.25) is 0 Å². The predicted octanol–water partition coefficient (Wildman–Crippen LogP) is 3.96. The normalized spacial score (nSPS) is 15.5. The largest absolute Gasteiger partial charge is 0.461 e. The van der Waals surface area contributed by atoms with Gasteiger partial charge in [0, 0.05) is 11.1 Å². The number of hydrogen-bond acceptors (Lipinski definition) is 4. The number of nitrogens with zero attached hydrogens (tertiary/aromatic N) is 3. The molecule has 2 aromatic carbocycles. The molecule has 0 bridgehead atoms. The fourth-order valence-corrected chi connectivity index (χ4v) is 3.34. The number of carbonyl (C=O) groups excluding carboxylic acids is 1. The van der Waals surface area contributed by atoms with Crippen molar-refractivity contribution < 1.29 is 9.53 Å². The Morgan fingerprint density at radius 3 is 2.62 bits per heavy atom. The highest BCUT2D eigenvalue weighted by Gasteiger charge is 2.28. The summed E-state index contributed by atoms with van der Waals surface area (Å²) in [5.74, 6) is -0.413. The van der Waals surface area contributed by atoms with Crippen molar-refractivity contribution in [3.63, 3.8) is 0 Å². The Hall–Kier alpha value is -3.21. The zero-order valence-corrected chi connectivity index (χ0v) is 14.7. The number of esters is 1. The third-order valence-electron chi connectivity index (χ3n) is 4.46. The monoisotopic (exact) mass is 345 g/mol. The fourth-order valence-electron chi connectivity index (χ4n) is 3.34. The predicted molar refractivity (Wildman–Crippen MR) is 100 cm³/mol.